The Kier molecular flexibility index (Phi) is 8.57. The van der Waals surface area contributed by atoms with Gasteiger partial charge in [0.25, 0.3) is 0 Å². The van der Waals surface area contributed by atoms with E-state index >= 15 is 0 Å². The summed E-state index contributed by atoms with van der Waals surface area (Å²) in [4.78, 5) is 10.2. The molecule has 0 bridgehead atoms. The number of nitrogens with zero attached hydrogens (tertiary/aromatic N) is 2. The number of fused-ring (bicyclic) bond motifs is 1. The summed E-state index contributed by atoms with van der Waals surface area (Å²) in [5, 5.41) is 4.84. The molecule has 0 saturated carbocycles. The van der Waals surface area contributed by atoms with Crippen LogP contribution in [0.1, 0.15) is 17.5 Å². The molecule has 2 heterocycles. The first-order valence-corrected chi connectivity index (χ1v) is 10.5. The van der Waals surface area contributed by atoms with Gasteiger partial charge in [-0.05, 0) is 30.0 Å². The fraction of sp³-hybridized carbons (Fsp3) is 0.375. The number of H-pyrrole nitrogens is 1. The molecule has 0 amide bonds. The summed E-state index contributed by atoms with van der Waals surface area (Å²) in [5.41, 5.74) is 3.78. The standard InChI is InChI=1S/C24H30N4O.HI/c1-25-24(26-13-11-21-15-27-23-10-6-5-9-22(21)23)28-14-12-20(16-28)18-29-17-19-7-3-2-4-8-19;/h2-10,15,20,27H,11-14,16-18H2,1H3,(H,25,26);1H. The molecule has 30 heavy (non-hydrogen) atoms. The molecule has 0 aliphatic carbocycles. The zero-order valence-electron chi connectivity index (χ0n) is 17.5. The van der Waals surface area contributed by atoms with Crippen LogP contribution in [-0.2, 0) is 17.8 Å². The Morgan fingerprint density at radius 3 is 2.80 bits per heavy atom. The number of hydrogen-bond donors (Lipinski definition) is 2. The number of ether oxygens (including phenoxy) is 1. The predicted octanol–water partition coefficient (Wildman–Crippen LogP) is 4.44. The molecule has 1 unspecified atom stereocenters. The maximum absolute atomic E-state index is 5.95. The number of benzene rings is 2. The molecule has 2 N–H and O–H groups in total. The summed E-state index contributed by atoms with van der Waals surface area (Å²) >= 11 is 0. The van der Waals surface area contributed by atoms with Crippen molar-refractivity contribution in [2.24, 2.45) is 10.9 Å². The van der Waals surface area contributed by atoms with Gasteiger partial charge in [0.2, 0.25) is 0 Å². The Morgan fingerprint density at radius 1 is 1.17 bits per heavy atom. The van der Waals surface area contributed by atoms with E-state index in [2.05, 4.69) is 74.9 Å². The zero-order valence-corrected chi connectivity index (χ0v) is 19.8. The van der Waals surface area contributed by atoms with Gasteiger partial charge < -0.3 is 19.9 Å². The summed E-state index contributed by atoms with van der Waals surface area (Å²) in [6, 6.07) is 18.8. The highest BCUT2D eigenvalue weighted by molar-refractivity contribution is 14.0. The molecule has 6 heteroatoms. The second kappa shape index (κ2) is 11.4. The molecular formula is C24H31IN4O. The fourth-order valence-corrected chi connectivity index (χ4v) is 4.06. The molecule has 4 rings (SSSR count). The maximum atomic E-state index is 5.95. The largest absolute Gasteiger partial charge is 0.376 e. The number of nitrogens with one attached hydrogen (secondary N) is 2. The number of aromatic nitrogens is 1. The van der Waals surface area contributed by atoms with E-state index in [0.717, 1.165) is 45.0 Å². The van der Waals surface area contributed by atoms with Crippen LogP contribution in [0.25, 0.3) is 10.9 Å². The minimum Gasteiger partial charge on any atom is -0.376 e. The van der Waals surface area contributed by atoms with Gasteiger partial charge in [-0.25, -0.2) is 0 Å². The second-order valence-electron chi connectivity index (χ2n) is 7.68. The summed E-state index contributed by atoms with van der Waals surface area (Å²) in [5.74, 6) is 1.56. The Balaban J connectivity index is 0.00000256. The summed E-state index contributed by atoms with van der Waals surface area (Å²) in [6.07, 6.45) is 4.24. The Morgan fingerprint density at radius 2 is 1.97 bits per heavy atom. The monoisotopic (exact) mass is 518 g/mol. The Hall–Kier alpha value is -2.06. The number of hydrogen-bond acceptors (Lipinski definition) is 2. The quantitative estimate of drug-likeness (QED) is 0.276. The van der Waals surface area contributed by atoms with Crippen LogP contribution in [-0.4, -0.2) is 49.1 Å². The molecule has 3 aromatic rings. The number of halogens is 1. The summed E-state index contributed by atoms with van der Waals surface area (Å²) in [7, 11) is 1.87. The highest BCUT2D eigenvalue weighted by atomic mass is 127. The third kappa shape index (κ3) is 5.76. The van der Waals surface area contributed by atoms with Crippen LogP contribution in [0, 0.1) is 5.92 Å². The van der Waals surface area contributed by atoms with Crippen molar-refractivity contribution in [1.29, 1.82) is 0 Å². The van der Waals surface area contributed by atoms with Gasteiger partial charge in [0.15, 0.2) is 5.96 Å². The molecule has 0 spiro atoms. The zero-order chi connectivity index (χ0) is 19.9. The van der Waals surface area contributed by atoms with E-state index in [4.69, 9.17) is 4.74 Å². The minimum absolute atomic E-state index is 0. The lowest BCUT2D eigenvalue weighted by atomic mass is 10.1. The second-order valence-corrected chi connectivity index (χ2v) is 7.68. The first-order valence-electron chi connectivity index (χ1n) is 10.5. The van der Waals surface area contributed by atoms with Crippen molar-refractivity contribution in [3.05, 3.63) is 71.9 Å². The van der Waals surface area contributed by atoms with Crippen molar-refractivity contribution >= 4 is 40.8 Å². The number of guanidine groups is 1. The fourth-order valence-electron chi connectivity index (χ4n) is 4.06. The van der Waals surface area contributed by atoms with Crippen molar-refractivity contribution in [3.8, 4) is 0 Å². The Labute approximate surface area is 195 Å². The van der Waals surface area contributed by atoms with E-state index in [9.17, 15) is 0 Å². The van der Waals surface area contributed by atoms with E-state index in [1.54, 1.807) is 0 Å². The molecule has 5 nitrogen and oxygen atoms in total. The van der Waals surface area contributed by atoms with Crippen LogP contribution < -0.4 is 5.32 Å². The SMILES string of the molecule is CN=C(NCCc1c[nH]c2ccccc12)N1CCC(COCc2ccccc2)C1.I. The minimum atomic E-state index is 0. The molecule has 1 aliphatic heterocycles. The average Bonchev–Trinajstić information content (AvgIpc) is 3.39. The molecule has 1 aliphatic rings. The number of aliphatic imine (C=N–C) groups is 1. The van der Waals surface area contributed by atoms with Crippen LogP contribution in [0.4, 0.5) is 0 Å². The molecule has 0 radical (unpaired) electrons. The van der Waals surface area contributed by atoms with Crippen molar-refractivity contribution in [1.82, 2.24) is 15.2 Å². The van der Waals surface area contributed by atoms with Gasteiger partial charge in [0.05, 0.1) is 13.2 Å². The van der Waals surface area contributed by atoms with Crippen LogP contribution in [0.2, 0.25) is 0 Å². The van der Waals surface area contributed by atoms with Gasteiger partial charge >= 0.3 is 0 Å². The van der Waals surface area contributed by atoms with Crippen molar-refractivity contribution in [2.45, 2.75) is 19.4 Å². The maximum Gasteiger partial charge on any atom is 0.193 e. The molecule has 1 atom stereocenters. The normalized spacial score (nSPS) is 16.6. The predicted molar refractivity (Wildman–Crippen MR) is 135 cm³/mol. The molecule has 160 valence electrons. The van der Waals surface area contributed by atoms with Gasteiger partial charge in [0, 0.05) is 49.7 Å². The van der Waals surface area contributed by atoms with Crippen LogP contribution in [0.15, 0.2) is 65.8 Å². The molecule has 1 saturated heterocycles. The molecule has 1 fully saturated rings. The highest BCUT2D eigenvalue weighted by Gasteiger charge is 2.24. The summed E-state index contributed by atoms with van der Waals surface area (Å²) in [6.45, 7) is 4.40. The van der Waals surface area contributed by atoms with Crippen LogP contribution in [0.5, 0.6) is 0 Å². The number of likely N-dealkylation sites (tertiary alicyclic amines) is 1. The molecule has 2 aromatic carbocycles. The van der Waals surface area contributed by atoms with Crippen molar-refractivity contribution in [2.75, 3.05) is 33.3 Å². The van der Waals surface area contributed by atoms with Crippen LogP contribution >= 0.6 is 24.0 Å². The van der Waals surface area contributed by atoms with Gasteiger partial charge in [0.1, 0.15) is 0 Å². The van der Waals surface area contributed by atoms with E-state index in [1.165, 1.54) is 22.0 Å². The first kappa shape index (κ1) is 22.6. The lowest BCUT2D eigenvalue weighted by Crippen LogP contribution is -2.41. The van der Waals surface area contributed by atoms with Crippen molar-refractivity contribution < 1.29 is 4.74 Å². The Bertz CT molecular complexity index is 941. The lowest BCUT2D eigenvalue weighted by molar-refractivity contribution is 0.0907. The lowest BCUT2D eigenvalue weighted by Gasteiger charge is -2.21. The molecule has 1 aromatic heterocycles. The third-order valence-corrected chi connectivity index (χ3v) is 5.61. The van der Waals surface area contributed by atoms with Crippen LogP contribution in [0.3, 0.4) is 0 Å². The topological polar surface area (TPSA) is 52.7 Å². The average molecular weight is 518 g/mol. The van der Waals surface area contributed by atoms with E-state index in [0.29, 0.717) is 12.5 Å². The highest BCUT2D eigenvalue weighted by Crippen LogP contribution is 2.19. The van der Waals surface area contributed by atoms with E-state index in [-0.39, 0.29) is 24.0 Å². The third-order valence-electron chi connectivity index (χ3n) is 5.61. The van der Waals surface area contributed by atoms with Gasteiger partial charge in [-0.1, -0.05) is 48.5 Å². The smallest absolute Gasteiger partial charge is 0.193 e. The summed E-state index contributed by atoms with van der Waals surface area (Å²) < 4.78 is 5.95. The van der Waals surface area contributed by atoms with Gasteiger partial charge in [-0.2, -0.15) is 0 Å². The number of aromatic amines is 1. The van der Waals surface area contributed by atoms with E-state index < -0.39 is 0 Å². The van der Waals surface area contributed by atoms with Gasteiger partial charge in [-0.3, -0.25) is 4.99 Å². The van der Waals surface area contributed by atoms with E-state index in [1.807, 2.05) is 13.1 Å². The van der Waals surface area contributed by atoms with Gasteiger partial charge in [-0.15, -0.1) is 24.0 Å². The number of rotatable bonds is 7. The molecular weight excluding hydrogens is 487 g/mol. The first-order chi connectivity index (χ1) is 14.3. The number of para-hydroxylation sites is 1. The van der Waals surface area contributed by atoms with Crippen molar-refractivity contribution in [3.63, 3.8) is 0 Å².